The largest absolute Gasteiger partial charge is 0.465 e. The van der Waals surface area contributed by atoms with Gasteiger partial charge in [0, 0.05) is 12.0 Å². The lowest BCUT2D eigenvalue weighted by atomic mass is 9.95. The summed E-state index contributed by atoms with van der Waals surface area (Å²) in [6.45, 7) is 3.61. The fraction of sp³-hybridized carbons (Fsp3) is 0.462. The highest BCUT2D eigenvalue weighted by Gasteiger charge is 2.18. The molecule has 0 aliphatic carbocycles. The zero-order valence-corrected chi connectivity index (χ0v) is 10.9. The molecule has 0 aliphatic rings. The summed E-state index contributed by atoms with van der Waals surface area (Å²) in [5.74, 6) is -0.428. The molecule has 1 aromatic rings. The lowest BCUT2D eigenvalue weighted by Gasteiger charge is -2.22. The van der Waals surface area contributed by atoms with Crippen LogP contribution in [0.2, 0.25) is 0 Å². The van der Waals surface area contributed by atoms with Crippen LogP contribution in [0, 0.1) is 5.41 Å². The summed E-state index contributed by atoms with van der Waals surface area (Å²) in [6, 6.07) is 4.82. The van der Waals surface area contributed by atoms with Crippen LogP contribution in [0.25, 0.3) is 0 Å². The number of nitrogens with two attached hydrogens (primary N) is 1. The van der Waals surface area contributed by atoms with Crippen LogP contribution in [0.15, 0.2) is 18.2 Å². The van der Waals surface area contributed by atoms with Crippen LogP contribution in [0.5, 0.6) is 0 Å². The molecule has 0 saturated heterocycles. The third kappa shape index (κ3) is 3.61. The van der Waals surface area contributed by atoms with E-state index in [0.717, 1.165) is 0 Å². The Hall–Kier alpha value is -1.78. The quantitative estimate of drug-likeness (QED) is 0.626. The van der Waals surface area contributed by atoms with E-state index < -0.39 is 18.1 Å². The van der Waals surface area contributed by atoms with Crippen molar-refractivity contribution in [2.75, 3.05) is 31.4 Å². The van der Waals surface area contributed by atoms with Crippen LogP contribution in [0.1, 0.15) is 24.2 Å². The molecule has 3 N–H and O–H groups in total. The van der Waals surface area contributed by atoms with E-state index in [2.05, 4.69) is 10.1 Å². The topological polar surface area (TPSA) is 64.3 Å². The van der Waals surface area contributed by atoms with Crippen molar-refractivity contribution in [1.82, 2.24) is 0 Å². The second-order valence-corrected chi connectivity index (χ2v) is 4.95. The van der Waals surface area contributed by atoms with Crippen molar-refractivity contribution in [1.29, 1.82) is 0 Å². The predicted octanol–water partition coefficient (Wildman–Crippen LogP) is 2.46. The van der Waals surface area contributed by atoms with Gasteiger partial charge < -0.3 is 15.8 Å². The number of nitrogen functional groups attached to an aromatic ring is 1. The number of hydrogen-bond acceptors (Lipinski definition) is 4. The first-order valence-corrected chi connectivity index (χ1v) is 5.67. The Bertz CT molecular complexity index is 433. The Balaban J connectivity index is 2.85. The van der Waals surface area contributed by atoms with Gasteiger partial charge in [0.2, 0.25) is 0 Å². The predicted molar refractivity (Wildman–Crippen MR) is 70.4 cm³/mol. The highest BCUT2D eigenvalue weighted by molar-refractivity contribution is 5.91. The number of halogens is 1. The molecule has 100 valence electrons. The first-order valence-electron chi connectivity index (χ1n) is 5.67. The van der Waals surface area contributed by atoms with Crippen LogP contribution in [0.4, 0.5) is 15.8 Å². The van der Waals surface area contributed by atoms with E-state index in [4.69, 9.17) is 5.73 Å². The normalized spacial score (nSPS) is 11.1. The Labute approximate surface area is 106 Å². The number of benzene rings is 1. The zero-order valence-electron chi connectivity index (χ0n) is 10.9. The van der Waals surface area contributed by atoms with Gasteiger partial charge in [-0.3, -0.25) is 4.39 Å². The zero-order chi connectivity index (χ0) is 13.8. The minimum Gasteiger partial charge on any atom is -0.465 e. The van der Waals surface area contributed by atoms with Crippen molar-refractivity contribution in [3.63, 3.8) is 0 Å². The number of alkyl halides is 1. The third-order valence-corrected chi connectivity index (χ3v) is 2.59. The summed E-state index contributed by atoms with van der Waals surface area (Å²) in [6.07, 6.45) is 0. The van der Waals surface area contributed by atoms with Crippen LogP contribution >= 0.6 is 0 Å². The number of carbonyl (C=O) groups is 1. The molecular formula is C13H19FN2O2. The Morgan fingerprint density at radius 2 is 2.17 bits per heavy atom. The van der Waals surface area contributed by atoms with E-state index in [1.807, 2.05) is 0 Å². The molecule has 0 heterocycles. The molecule has 0 aliphatic heterocycles. The molecule has 4 nitrogen and oxygen atoms in total. The number of esters is 1. The number of hydrogen-bond donors (Lipinski definition) is 2. The first-order chi connectivity index (χ1) is 8.39. The molecule has 18 heavy (non-hydrogen) atoms. The van der Waals surface area contributed by atoms with Gasteiger partial charge in [-0.1, -0.05) is 13.8 Å². The number of rotatable bonds is 5. The van der Waals surface area contributed by atoms with Crippen LogP contribution in [0.3, 0.4) is 0 Å². The van der Waals surface area contributed by atoms with Gasteiger partial charge in [0.15, 0.2) is 0 Å². The van der Waals surface area contributed by atoms with Crippen molar-refractivity contribution >= 4 is 17.3 Å². The smallest absolute Gasteiger partial charge is 0.337 e. The van der Waals surface area contributed by atoms with Crippen LogP contribution < -0.4 is 11.1 Å². The summed E-state index contributed by atoms with van der Waals surface area (Å²) >= 11 is 0. The summed E-state index contributed by atoms with van der Waals surface area (Å²) in [7, 11) is 1.32. The second kappa shape index (κ2) is 5.71. The Morgan fingerprint density at radius 3 is 2.72 bits per heavy atom. The molecule has 0 spiro atoms. The summed E-state index contributed by atoms with van der Waals surface area (Å²) < 4.78 is 17.3. The number of anilines is 2. The lowest BCUT2D eigenvalue weighted by molar-refractivity contribution is 0.0601. The van der Waals surface area contributed by atoms with Gasteiger partial charge in [-0.15, -0.1) is 0 Å². The lowest BCUT2D eigenvalue weighted by Crippen LogP contribution is -2.25. The Morgan fingerprint density at radius 1 is 1.50 bits per heavy atom. The maximum absolute atomic E-state index is 12.7. The summed E-state index contributed by atoms with van der Waals surface area (Å²) in [4.78, 5) is 11.4. The van der Waals surface area contributed by atoms with Gasteiger partial charge in [-0.2, -0.15) is 0 Å². The van der Waals surface area contributed by atoms with Crippen molar-refractivity contribution in [3.05, 3.63) is 23.8 Å². The van der Waals surface area contributed by atoms with Gasteiger partial charge in [0.25, 0.3) is 0 Å². The molecule has 0 unspecified atom stereocenters. The van der Waals surface area contributed by atoms with E-state index in [9.17, 15) is 9.18 Å². The van der Waals surface area contributed by atoms with Crippen molar-refractivity contribution < 1.29 is 13.9 Å². The van der Waals surface area contributed by atoms with E-state index in [1.165, 1.54) is 7.11 Å². The number of carbonyl (C=O) groups excluding carboxylic acids is 1. The molecule has 0 bridgehead atoms. The van der Waals surface area contributed by atoms with Gasteiger partial charge in [0.05, 0.1) is 30.7 Å². The Kier molecular flexibility index (Phi) is 4.53. The van der Waals surface area contributed by atoms with Crippen molar-refractivity contribution in [3.8, 4) is 0 Å². The number of methoxy groups -OCH3 is 1. The molecule has 0 fully saturated rings. The monoisotopic (exact) mass is 254 g/mol. The summed E-state index contributed by atoms with van der Waals surface area (Å²) in [5.41, 5.74) is 6.85. The van der Waals surface area contributed by atoms with E-state index in [0.29, 0.717) is 23.5 Å². The minimum atomic E-state index is -0.478. The van der Waals surface area contributed by atoms with Crippen molar-refractivity contribution in [2.24, 2.45) is 5.41 Å². The minimum absolute atomic E-state index is 0.409. The van der Waals surface area contributed by atoms with Crippen molar-refractivity contribution in [2.45, 2.75) is 13.8 Å². The molecule has 1 aromatic carbocycles. The number of nitrogens with one attached hydrogen (secondary N) is 1. The van der Waals surface area contributed by atoms with Crippen LogP contribution in [-0.2, 0) is 4.74 Å². The average molecular weight is 254 g/mol. The molecule has 0 radical (unpaired) electrons. The molecule has 0 amide bonds. The second-order valence-electron chi connectivity index (χ2n) is 4.95. The average Bonchev–Trinajstić information content (AvgIpc) is 2.37. The molecule has 0 saturated carbocycles. The standard InChI is InChI=1S/C13H19FN2O2/c1-13(2,7-14)8-16-11-6-9(12(17)18-3)4-5-10(11)15/h4-6,16H,7-8,15H2,1-3H3. The van der Waals surface area contributed by atoms with Gasteiger partial charge in [-0.25, -0.2) is 4.79 Å². The third-order valence-electron chi connectivity index (χ3n) is 2.59. The highest BCUT2D eigenvalue weighted by atomic mass is 19.1. The molecule has 0 atom stereocenters. The first kappa shape index (κ1) is 14.3. The van der Waals surface area contributed by atoms with E-state index in [-0.39, 0.29) is 0 Å². The van der Waals surface area contributed by atoms with Crippen LogP contribution in [-0.4, -0.2) is 26.3 Å². The maximum atomic E-state index is 12.7. The molecule has 0 aromatic heterocycles. The van der Waals surface area contributed by atoms with Gasteiger partial charge >= 0.3 is 5.97 Å². The van der Waals surface area contributed by atoms with Gasteiger partial charge in [-0.05, 0) is 18.2 Å². The van der Waals surface area contributed by atoms with Gasteiger partial charge in [0.1, 0.15) is 0 Å². The molecule has 1 rings (SSSR count). The maximum Gasteiger partial charge on any atom is 0.337 e. The molecular weight excluding hydrogens is 235 g/mol. The highest BCUT2D eigenvalue weighted by Crippen LogP contribution is 2.23. The fourth-order valence-corrected chi connectivity index (χ4v) is 1.34. The van der Waals surface area contributed by atoms with E-state index >= 15 is 0 Å². The SMILES string of the molecule is COC(=O)c1ccc(N)c(NCC(C)(C)CF)c1. The molecule has 5 heteroatoms. The van der Waals surface area contributed by atoms with E-state index in [1.54, 1.807) is 32.0 Å². The fourth-order valence-electron chi connectivity index (χ4n) is 1.34. The number of ether oxygens (including phenoxy) is 1. The summed E-state index contributed by atoms with van der Waals surface area (Å²) in [5, 5.41) is 3.05.